The minimum Gasteiger partial charge on any atom is -0.383 e. The third kappa shape index (κ3) is 4.02. The van der Waals surface area contributed by atoms with E-state index in [1.807, 2.05) is 27.0 Å². The average molecular weight is 514 g/mol. The lowest BCUT2D eigenvalue weighted by atomic mass is 9.89. The second-order valence-corrected chi connectivity index (χ2v) is 10.6. The van der Waals surface area contributed by atoms with Crippen LogP contribution in [0.15, 0.2) is 30.2 Å². The van der Waals surface area contributed by atoms with E-state index in [4.69, 9.17) is 15.2 Å². The van der Waals surface area contributed by atoms with E-state index < -0.39 is 23.6 Å². The van der Waals surface area contributed by atoms with E-state index >= 15 is 0 Å². The lowest BCUT2D eigenvalue weighted by molar-refractivity contribution is -0.147. The summed E-state index contributed by atoms with van der Waals surface area (Å²) in [6, 6.07) is 1.15. The van der Waals surface area contributed by atoms with Gasteiger partial charge in [-0.1, -0.05) is 6.08 Å². The van der Waals surface area contributed by atoms with Gasteiger partial charge in [-0.25, -0.2) is 23.1 Å². The largest absolute Gasteiger partial charge is 0.383 e. The Morgan fingerprint density at radius 2 is 2.03 bits per heavy atom. The Labute approximate surface area is 212 Å². The molecule has 1 fully saturated rings. The SMILES string of the molecule is Cc1cn([C@@H]2C=C(CCc3cc(C(F)F)c(F)c4c3CNCC4)[C@H]3OC(C)(C)O[C@H]32)c2ncnc(N)c12. The minimum atomic E-state index is -2.86. The van der Waals surface area contributed by atoms with Crippen LogP contribution in [0.3, 0.4) is 0 Å². The van der Waals surface area contributed by atoms with Gasteiger partial charge >= 0.3 is 0 Å². The first kappa shape index (κ1) is 24.4. The van der Waals surface area contributed by atoms with Crippen molar-refractivity contribution in [2.45, 2.75) is 77.0 Å². The third-order valence-electron chi connectivity index (χ3n) is 7.74. The van der Waals surface area contributed by atoms with Crippen LogP contribution >= 0.6 is 0 Å². The number of hydrogen-bond donors (Lipinski definition) is 2. The first-order valence-corrected chi connectivity index (χ1v) is 12.6. The number of ether oxygens (including phenoxy) is 2. The molecule has 3 N–H and O–H groups in total. The Bertz CT molecular complexity index is 1420. The molecule has 0 spiro atoms. The van der Waals surface area contributed by atoms with Crippen molar-refractivity contribution in [3.8, 4) is 0 Å². The number of aromatic nitrogens is 3. The molecule has 1 saturated heterocycles. The predicted octanol–water partition coefficient (Wildman–Crippen LogP) is 4.68. The second-order valence-electron chi connectivity index (χ2n) is 10.6. The molecule has 0 unspecified atom stereocenters. The zero-order chi connectivity index (χ0) is 26.1. The van der Waals surface area contributed by atoms with Crippen LogP contribution in [-0.2, 0) is 28.9 Å². The molecule has 2 aliphatic heterocycles. The molecule has 37 heavy (non-hydrogen) atoms. The first-order valence-electron chi connectivity index (χ1n) is 12.6. The fourth-order valence-corrected chi connectivity index (χ4v) is 6.13. The molecule has 0 radical (unpaired) electrons. The number of nitrogens with two attached hydrogens (primary N) is 1. The topological polar surface area (TPSA) is 87.2 Å². The molecule has 3 atom stereocenters. The molecule has 0 saturated carbocycles. The fourth-order valence-electron chi connectivity index (χ4n) is 6.13. The van der Waals surface area contributed by atoms with Gasteiger partial charge in [-0.15, -0.1) is 0 Å². The number of hydrogen-bond acceptors (Lipinski definition) is 6. The van der Waals surface area contributed by atoms with Gasteiger partial charge in [0, 0.05) is 12.7 Å². The van der Waals surface area contributed by atoms with Crippen LogP contribution in [0, 0.1) is 12.7 Å². The monoisotopic (exact) mass is 513 g/mol. The Morgan fingerprint density at radius 3 is 2.81 bits per heavy atom. The Hall–Kier alpha value is -2.95. The summed E-state index contributed by atoms with van der Waals surface area (Å²) < 4.78 is 56.8. The van der Waals surface area contributed by atoms with Crippen LogP contribution in [0.5, 0.6) is 0 Å². The molecule has 1 aromatic carbocycles. The second kappa shape index (κ2) is 8.82. The highest BCUT2D eigenvalue weighted by Gasteiger charge is 2.50. The maximum Gasteiger partial charge on any atom is 0.266 e. The zero-order valence-corrected chi connectivity index (χ0v) is 21.0. The number of rotatable bonds is 5. The predicted molar refractivity (Wildman–Crippen MR) is 133 cm³/mol. The standard InChI is InChI=1S/C27H30F3N5O2/c1-13-11-35(26-20(13)25(31)33-12-34-26)19-9-15(22-23(19)37-27(2,3)36-22)5-4-14-8-17(24(29)30)21(28)16-6-7-32-10-18(14)16/h8-9,11-12,19,22-24,32H,4-7,10H2,1-3H3,(H2,31,33,34)/t19-,22-,23+/m1/s1. The molecular formula is C27H30F3N5O2. The van der Waals surface area contributed by atoms with Crippen molar-refractivity contribution in [1.29, 1.82) is 0 Å². The quantitative estimate of drug-likeness (QED) is 0.482. The van der Waals surface area contributed by atoms with Gasteiger partial charge in [0.1, 0.15) is 35.8 Å². The first-order chi connectivity index (χ1) is 17.6. The summed E-state index contributed by atoms with van der Waals surface area (Å²) in [7, 11) is 0. The molecule has 6 rings (SSSR count). The summed E-state index contributed by atoms with van der Waals surface area (Å²) in [5, 5.41) is 4.06. The number of nitrogens with zero attached hydrogens (tertiary/aromatic N) is 3. The molecule has 1 aliphatic carbocycles. The number of halogens is 3. The van der Waals surface area contributed by atoms with Crippen molar-refractivity contribution in [3.63, 3.8) is 0 Å². The van der Waals surface area contributed by atoms with Gasteiger partial charge in [-0.3, -0.25) is 0 Å². The van der Waals surface area contributed by atoms with Crippen molar-refractivity contribution < 1.29 is 22.6 Å². The van der Waals surface area contributed by atoms with Gasteiger partial charge in [0.15, 0.2) is 5.79 Å². The summed E-state index contributed by atoms with van der Waals surface area (Å²) in [5.41, 5.74) is 10.3. The molecule has 0 bridgehead atoms. The van der Waals surface area contributed by atoms with E-state index in [-0.39, 0.29) is 18.2 Å². The zero-order valence-electron chi connectivity index (χ0n) is 21.0. The normalized spacial score (nSPS) is 24.5. The molecule has 196 valence electrons. The number of nitrogen functional groups attached to an aromatic ring is 1. The number of alkyl halides is 2. The van der Waals surface area contributed by atoms with Crippen LogP contribution in [0.4, 0.5) is 19.0 Å². The highest BCUT2D eigenvalue weighted by Crippen LogP contribution is 2.46. The Morgan fingerprint density at radius 1 is 1.22 bits per heavy atom. The minimum absolute atomic E-state index is 0.187. The van der Waals surface area contributed by atoms with E-state index in [1.165, 1.54) is 12.4 Å². The van der Waals surface area contributed by atoms with Crippen LogP contribution in [-0.4, -0.2) is 39.1 Å². The van der Waals surface area contributed by atoms with Gasteiger partial charge in [-0.05, 0) is 80.5 Å². The van der Waals surface area contributed by atoms with Gasteiger partial charge < -0.3 is 25.1 Å². The average Bonchev–Trinajstić information content (AvgIpc) is 3.47. The van der Waals surface area contributed by atoms with Crippen molar-refractivity contribution in [1.82, 2.24) is 19.9 Å². The van der Waals surface area contributed by atoms with Gasteiger partial charge in [0.25, 0.3) is 6.43 Å². The molecule has 10 heteroatoms. The lowest BCUT2D eigenvalue weighted by Gasteiger charge is -2.24. The van der Waals surface area contributed by atoms with Crippen molar-refractivity contribution >= 4 is 16.9 Å². The molecule has 4 heterocycles. The van der Waals surface area contributed by atoms with E-state index in [9.17, 15) is 13.2 Å². The van der Waals surface area contributed by atoms with Crippen molar-refractivity contribution in [2.24, 2.45) is 0 Å². The number of fused-ring (bicyclic) bond motifs is 3. The molecule has 3 aromatic rings. The summed E-state index contributed by atoms with van der Waals surface area (Å²) >= 11 is 0. The van der Waals surface area contributed by atoms with E-state index in [0.717, 1.165) is 33.3 Å². The number of benzene rings is 1. The number of nitrogens with one attached hydrogen (secondary N) is 1. The van der Waals surface area contributed by atoms with E-state index in [0.29, 0.717) is 43.7 Å². The third-order valence-corrected chi connectivity index (χ3v) is 7.74. The maximum absolute atomic E-state index is 14.8. The molecular weight excluding hydrogens is 483 g/mol. The Balaban J connectivity index is 1.36. The molecule has 7 nitrogen and oxygen atoms in total. The Kier molecular flexibility index (Phi) is 5.81. The fraction of sp³-hybridized carbons (Fsp3) is 0.481. The number of aryl methyl sites for hydroxylation is 2. The molecule has 2 aromatic heterocycles. The van der Waals surface area contributed by atoms with Gasteiger partial charge in [0.05, 0.1) is 17.0 Å². The van der Waals surface area contributed by atoms with E-state index in [2.05, 4.69) is 25.9 Å². The smallest absolute Gasteiger partial charge is 0.266 e. The summed E-state index contributed by atoms with van der Waals surface area (Å²) in [6.45, 7) is 6.79. The van der Waals surface area contributed by atoms with Crippen LogP contribution in [0.25, 0.3) is 11.0 Å². The highest BCUT2D eigenvalue weighted by molar-refractivity contribution is 5.89. The summed E-state index contributed by atoms with van der Waals surface area (Å²) in [4.78, 5) is 8.63. The summed E-state index contributed by atoms with van der Waals surface area (Å²) in [5.74, 6) is -1.12. The van der Waals surface area contributed by atoms with Crippen LogP contribution < -0.4 is 11.1 Å². The molecule has 0 amide bonds. The van der Waals surface area contributed by atoms with Crippen molar-refractivity contribution in [3.05, 3.63) is 63.9 Å². The maximum atomic E-state index is 14.8. The van der Waals surface area contributed by atoms with Gasteiger partial charge in [0.2, 0.25) is 0 Å². The van der Waals surface area contributed by atoms with E-state index in [1.54, 1.807) is 0 Å². The van der Waals surface area contributed by atoms with Crippen LogP contribution in [0.2, 0.25) is 0 Å². The molecule has 3 aliphatic rings. The number of anilines is 1. The lowest BCUT2D eigenvalue weighted by Crippen LogP contribution is -2.28. The van der Waals surface area contributed by atoms with Crippen molar-refractivity contribution in [2.75, 3.05) is 12.3 Å². The van der Waals surface area contributed by atoms with Crippen LogP contribution in [0.1, 0.15) is 60.6 Å². The van der Waals surface area contributed by atoms with Gasteiger partial charge in [-0.2, -0.15) is 0 Å². The highest BCUT2D eigenvalue weighted by atomic mass is 19.3. The summed E-state index contributed by atoms with van der Waals surface area (Å²) in [6.07, 6.45) is 3.63.